The first-order chi connectivity index (χ1) is 8.41. The molecule has 1 nitrogen and oxygen atoms in total. The third-order valence-electron chi connectivity index (χ3n) is 2.69. The van der Waals surface area contributed by atoms with E-state index in [4.69, 9.17) is 5.11 Å². The van der Waals surface area contributed by atoms with Crippen LogP contribution in [0.1, 0.15) is 58.3 Å². The van der Waals surface area contributed by atoms with E-state index in [9.17, 15) is 0 Å². The van der Waals surface area contributed by atoms with E-state index in [1.807, 2.05) is 19.1 Å². The monoisotopic (exact) mass is 236 g/mol. The normalized spacial score (nSPS) is 12.4. The second-order valence-corrected chi connectivity index (χ2v) is 4.33. The molecule has 0 bridgehead atoms. The van der Waals surface area contributed by atoms with Gasteiger partial charge >= 0.3 is 0 Å². The van der Waals surface area contributed by atoms with E-state index >= 15 is 0 Å². The van der Waals surface area contributed by atoms with E-state index in [1.54, 1.807) is 0 Å². The zero-order valence-electron chi connectivity index (χ0n) is 11.3. The van der Waals surface area contributed by atoms with Gasteiger partial charge in [-0.2, -0.15) is 0 Å². The van der Waals surface area contributed by atoms with Crippen molar-refractivity contribution < 1.29 is 5.11 Å². The summed E-state index contributed by atoms with van der Waals surface area (Å²) in [6.45, 7) is 2.38. The molecule has 0 aromatic rings. The summed E-state index contributed by atoms with van der Waals surface area (Å²) in [5, 5.41) is 8.63. The van der Waals surface area contributed by atoms with Gasteiger partial charge in [0.2, 0.25) is 0 Å². The van der Waals surface area contributed by atoms with Crippen LogP contribution in [0.4, 0.5) is 0 Å². The molecule has 0 aromatic heterocycles. The quantitative estimate of drug-likeness (QED) is 0.404. The van der Waals surface area contributed by atoms with Gasteiger partial charge in [0.15, 0.2) is 0 Å². The molecule has 1 N–H and O–H groups in total. The van der Waals surface area contributed by atoms with Crippen LogP contribution >= 0.6 is 0 Å². The molecule has 17 heavy (non-hydrogen) atoms. The summed E-state index contributed by atoms with van der Waals surface area (Å²) in [5.74, 6) is 0. The zero-order chi connectivity index (χ0) is 12.6. The van der Waals surface area contributed by atoms with Crippen molar-refractivity contribution in [3.63, 3.8) is 0 Å². The molecule has 0 saturated carbocycles. The number of rotatable bonds is 11. The van der Waals surface area contributed by atoms with Crippen molar-refractivity contribution in [2.45, 2.75) is 58.3 Å². The first-order valence-corrected chi connectivity index (χ1v) is 6.97. The second-order valence-electron chi connectivity index (χ2n) is 4.33. The van der Waals surface area contributed by atoms with Crippen LogP contribution in [0.5, 0.6) is 0 Å². The van der Waals surface area contributed by atoms with E-state index in [0.717, 1.165) is 6.42 Å². The van der Waals surface area contributed by atoms with Crippen molar-refractivity contribution in [1.29, 1.82) is 0 Å². The molecule has 0 rings (SSSR count). The lowest BCUT2D eigenvalue weighted by Crippen LogP contribution is -1.83. The molecule has 0 atom stereocenters. The van der Waals surface area contributed by atoms with E-state index < -0.39 is 0 Å². The molecule has 0 aliphatic rings. The van der Waals surface area contributed by atoms with Crippen molar-refractivity contribution in [3.05, 3.63) is 36.5 Å². The van der Waals surface area contributed by atoms with Crippen molar-refractivity contribution >= 4 is 0 Å². The summed E-state index contributed by atoms with van der Waals surface area (Å²) in [5.41, 5.74) is 0. The maximum absolute atomic E-state index is 8.63. The minimum absolute atomic E-state index is 0.353. The number of allylic oxidation sites excluding steroid dienone is 6. The molecule has 0 aliphatic carbocycles. The van der Waals surface area contributed by atoms with Crippen LogP contribution < -0.4 is 0 Å². The Morgan fingerprint density at radius 3 is 1.94 bits per heavy atom. The third kappa shape index (κ3) is 15.2. The van der Waals surface area contributed by atoms with Gasteiger partial charge in [0.1, 0.15) is 0 Å². The first kappa shape index (κ1) is 16.2. The highest BCUT2D eigenvalue weighted by Crippen LogP contribution is 2.08. The molecule has 0 aliphatic heterocycles. The molecular formula is C16H28O. The lowest BCUT2D eigenvalue weighted by molar-refractivity contribution is 0.282. The lowest BCUT2D eigenvalue weighted by atomic mass is 10.1. The number of hydrogen-bond donors (Lipinski definition) is 1. The highest BCUT2D eigenvalue weighted by atomic mass is 16.2. The van der Waals surface area contributed by atoms with Crippen LogP contribution in [-0.4, -0.2) is 11.7 Å². The summed E-state index contributed by atoms with van der Waals surface area (Å²) >= 11 is 0. The Bertz CT molecular complexity index is 214. The Morgan fingerprint density at radius 2 is 1.29 bits per heavy atom. The van der Waals surface area contributed by atoms with E-state index in [-0.39, 0.29) is 0 Å². The zero-order valence-corrected chi connectivity index (χ0v) is 11.3. The lowest BCUT2D eigenvalue weighted by Gasteiger charge is -1.99. The largest absolute Gasteiger partial charge is 0.396 e. The van der Waals surface area contributed by atoms with Gasteiger partial charge in [-0.1, -0.05) is 68.6 Å². The Hall–Kier alpha value is -0.820. The molecule has 0 heterocycles. The Balaban J connectivity index is 3.12. The van der Waals surface area contributed by atoms with Crippen LogP contribution in [0, 0.1) is 0 Å². The van der Waals surface area contributed by atoms with Crippen molar-refractivity contribution in [3.8, 4) is 0 Å². The van der Waals surface area contributed by atoms with Crippen molar-refractivity contribution in [2.75, 3.05) is 6.61 Å². The molecular weight excluding hydrogens is 208 g/mol. The fourth-order valence-corrected chi connectivity index (χ4v) is 1.67. The molecule has 0 saturated heterocycles. The molecule has 1 heteroatoms. The predicted molar refractivity (Wildman–Crippen MR) is 77.1 cm³/mol. The van der Waals surface area contributed by atoms with E-state index in [0.29, 0.717) is 6.61 Å². The first-order valence-electron chi connectivity index (χ1n) is 6.97. The molecule has 0 spiro atoms. The van der Waals surface area contributed by atoms with Gasteiger partial charge in [-0.05, 0) is 26.2 Å². The summed E-state index contributed by atoms with van der Waals surface area (Å²) in [6.07, 6.45) is 22.5. The van der Waals surface area contributed by atoms with Gasteiger partial charge in [0.25, 0.3) is 0 Å². The highest BCUT2D eigenvalue weighted by molar-refractivity contribution is 5.10. The minimum Gasteiger partial charge on any atom is -0.396 e. The van der Waals surface area contributed by atoms with Crippen LogP contribution in [0.3, 0.4) is 0 Å². The Morgan fingerprint density at radius 1 is 0.706 bits per heavy atom. The Kier molecular flexibility index (Phi) is 14.4. The summed E-state index contributed by atoms with van der Waals surface area (Å²) < 4.78 is 0. The maximum atomic E-state index is 8.63. The van der Waals surface area contributed by atoms with Gasteiger partial charge in [0.05, 0.1) is 0 Å². The fraction of sp³-hybridized carbons (Fsp3) is 0.625. The number of aliphatic hydroxyl groups is 1. The second kappa shape index (κ2) is 15.2. The Labute approximate surface area is 107 Å². The highest BCUT2D eigenvalue weighted by Gasteiger charge is 1.90. The summed E-state index contributed by atoms with van der Waals surface area (Å²) in [4.78, 5) is 0. The smallest absolute Gasteiger partial charge is 0.0431 e. The van der Waals surface area contributed by atoms with Gasteiger partial charge in [0, 0.05) is 6.61 Å². The van der Waals surface area contributed by atoms with Crippen LogP contribution in [0.25, 0.3) is 0 Å². The molecule has 0 amide bonds. The topological polar surface area (TPSA) is 20.2 Å². The standard InChI is InChI=1S/C16H28O/c1-2-3-4-5-6-7-8-9-10-11-12-13-14-15-16-17/h2-7,17H,8-16H2,1H3/b3-2?,5-4-,7-6+. The number of unbranched alkanes of at least 4 members (excludes halogenated alkanes) is 7. The molecule has 0 fully saturated rings. The predicted octanol–water partition coefficient (Wildman–Crippen LogP) is 4.79. The summed E-state index contributed by atoms with van der Waals surface area (Å²) in [6, 6.07) is 0. The molecule has 0 unspecified atom stereocenters. The van der Waals surface area contributed by atoms with Gasteiger partial charge in [-0.3, -0.25) is 0 Å². The van der Waals surface area contributed by atoms with E-state index in [2.05, 4.69) is 24.3 Å². The molecule has 0 aromatic carbocycles. The average Bonchev–Trinajstić information content (AvgIpc) is 2.35. The van der Waals surface area contributed by atoms with Crippen molar-refractivity contribution in [1.82, 2.24) is 0 Å². The van der Waals surface area contributed by atoms with Crippen molar-refractivity contribution in [2.24, 2.45) is 0 Å². The van der Waals surface area contributed by atoms with Crippen LogP contribution in [0.2, 0.25) is 0 Å². The SMILES string of the molecule is CC=C/C=C\C=C\CCCCCCCCCO. The van der Waals surface area contributed by atoms with Gasteiger partial charge in [-0.15, -0.1) is 0 Å². The number of hydrogen-bond acceptors (Lipinski definition) is 1. The van der Waals surface area contributed by atoms with Gasteiger partial charge < -0.3 is 5.11 Å². The fourth-order valence-electron chi connectivity index (χ4n) is 1.67. The average molecular weight is 236 g/mol. The number of aliphatic hydroxyl groups excluding tert-OH is 1. The van der Waals surface area contributed by atoms with Crippen LogP contribution in [-0.2, 0) is 0 Å². The minimum atomic E-state index is 0.353. The van der Waals surface area contributed by atoms with Crippen LogP contribution in [0.15, 0.2) is 36.5 Å². The maximum Gasteiger partial charge on any atom is 0.0431 e. The molecule has 0 radical (unpaired) electrons. The summed E-state index contributed by atoms with van der Waals surface area (Å²) in [7, 11) is 0. The molecule has 98 valence electrons. The third-order valence-corrected chi connectivity index (χ3v) is 2.69. The van der Waals surface area contributed by atoms with E-state index in [1.165, 1.54) is 44.9 Å². The van der Waals surface area contributed by atoms with Gasteiger partial charge in [-0.25, -0.2) is 0 Å².